The number of hydrogen-bond acceptors (Lipinski definition) is 2. The van der Waals surface area contributed by atoms with Crippen LogP contribution in [0.3, 0.4) is 0 Å². The van der Waals surface area contributed by atoms with Crippen LogP contribution in [0.25, 0.3) is 0 Å². The van der Waals surface area contributed by atoms with Gasteiger partial charge in [0.05, 0.1) is 10.6 Å². The van der Waals surface area contributed by atoms with Crippen molar-refractivity contribution in [3.8, 4) is 0 Å². The summed E-state index contributed by atoms with van der Waals surface area (Å²) in [5.74, 6) is -2.47. The third-order valence-corrected chi connectivity index (χ3v) is 5.41. The monoisotopic (exact) mass is 467 g/mol. The molecule has 26 heavy (non-hydrogen) atoms. The Morgan fingerprint density at radius 2 is 1.81 bits per heavy atom. The molecule has 0 saturated carbocycles. The Balaban J connectivity index is 2.24. The number of nitrogens with zero attached hydrogens (tertiary/aromatic N) is 1. The average Bonchev–Trinajstić information content (AvgIpc) is 3.04. The second kappa shape index (κ2) is 7.25. The van der Waals surface area contributed by atoms with E-state index in [4.69, 9.17) is 11.6 Å². The fourth-order valence-corrected chi connectivity index (χ4v) is 4.12. The van der Waals surface area contributed by atoms with Crippen molar-refractivity contribution < 1.29 is 22.0 Å². The molecule has 3 aromatic rings. The van der Waals surface area contributed by atoms with Crippen molar-refractivity contribution in [3.63, 3.8) is 0 Å². The zero-order valence-corrected chi connectivity index (χ0v) is 15.8. The van der Waals surface area contributed by atoms with Gasteiger partial charge in [0.25, 0.3) is 0 Å². The normalized spacial score (nSPS) is 13.0. The molecule has 1 atom stereocenters. The minimum absolute atomic E-state index is 0.111. The molecule has 136 valence electrons. The van der Waals surface area contributed by atoms with Crippen LogP contribution in [0.15, 0.2) is 46.5 Å². The van der Waals surface area contributed by atoms with Crippen molar-refractivity contribution in [2.45, 2.75) is 12.1 Å². The van der Waals surface area contributed by atoms with Crippen LogP contribution < -0.4 is 0 Å². The van der Waals surface area contributed by atoms with Gasteiger partial charge in [-0.3, -0.25) is 0 Å². The molecule has 1 aromatic carbocycles. The van der Waals surface area contributed by atoms with Gasteiger partial charge >= 0.3 is 6.18 Å². The van der Waals surface area contributed by atoms with Crippen molar-refractivity contribution in [3.05, 3.63) is 84.7 Å². The fourth-order valence-electron chi connectivity index (χ4n) is 2.51. The lowest BCUT2D eigenvalue weighted by atomic mass is 9.89. The molecule has 0 bridgehead atoms. The van der Waals surface area contributed by atoms with Crippen molar-refractivity contribution in [2.75, 3.05) is 0 Å². The van der Waals surface area contributed by atoms with E-state index in [1.165, 1.54) is 12.3 Å². The van der Waals surface area contributed by atoms with Crippen molar-refractivity contribution in [2.24, 2.45) is 0 Å². The summed E-state index contributed by atoms with van der Waals surface area (Å²) in [5, 5.41) is 1.06. The predicted octanol–water partition coefficient (Wildman–Crippen LogP) is 7.04. The van der Waals surface area contributed by atoms with E-state index < -0.39 is 29.3 Å². The Morgan fingerprint density at radius 3 is 2.46 bits per heavy atom. The van der Waals surface area contributed by atoms with Gasteiger partial charge in [-0.2, -0.15) is 13.2 Å². The lowest BCUT2D eigenvalue weighted by Gasteiger charge is -2.19. The van der Waals surface area contributed by atoms with Crippen molar-refractivity contribution >= 4 is 38.9 Å². The van der Waals surface area contributed by atoms with Crippen LogP contribution in [0, 0.1) is 11.6 Å². The summed E-state index contributed by atoms with van der Waals surface area (Å²) >= 11 is 10.1. The minimum atomic E-state index is -4.54. The molecule has 2 aromatic heterocycles. The number of rotatable bonds is 3. The van der Waals surface area contributed by atoms with Gasteiger partial charge in [0.2, 0.25) is 0 Å². The van der Waals surface area contributed by atoms with Crippen LogP contribution in [0.5, 0.6) is 0 Å². The molecular weight excluding hydrogens is 461 g/mol. The molecule has 1 nitrogen and oxygen atoms in total. The Kier molecular flexibility index (Phi) is 5.37. The molecule has 0 aliphatic heterocycles. The van der Waals surface area contributed by atoms with Gasteiger partial charge in [0, 0.05) is 27.9 Å². The molecule has 0 saturated heterocycles. The smallest absolute Gasteiger partial charge is 0.248 e. The molecule has 0 amide bonds. The van der Waals surface area contributed by atoms with Crippen LogP contribution in [0.4, 0.5) is 22.0 Å². The van der Waals surface area contributed by atoms with Crippen molar-refractivity contribution in [1.82, 2.24) is 4.98 Å². The average molecular weight is 469 g/mol. The van der Waals surface area contributed by atoms with E-state index in [0.29, 0.717) is 10.2 Å². The van der Waals surface area contributed by atoms with E-state index in [1.54, 1.807) is 0 Å². The Labute approximate surface area is 162 Å². The molecule has 9 heteroatoms. The van der Waals surface area contributed by atoms with Gasteiger partial charge in [-0.25, -0.2) is 13.8 Å². The van der Waals surface area contributed by atoms with E-state index in [9.17, 15) is 22.0 Å². The molecular formula is C17H8BrClF5NS. The topological polar surface area (TPSA) is 12.9 Å². The summed E-state index contributed by atoms with van der Waals surface area (Å²) in [6, 6.07) is 5.22. The molecule has 0 radical (unpaired) electrons. The highest BCUT2D eigenvalue weighted by molar-refractivity contribution is 9.10. The highest BCUT2D eigenvalue weighted by atomic mass is 79.9. The maximum absolute atomic E-state index is 14.4. The number of hydrogen-bond donors (Lipinski definition) is 0. The number of aromatic nitrogens is 1. The first-order valence-corrected chi connectivity index (χ1v) is 9.13. The minimum Gasteiger partial charge on any atom is -0.248 e. The zero-order chi connectivity index (χ0) is 19.1. The first-order valence-electron chi connectivity index (χ1n) is 7.08. The third-order valence-electron chi connectivity index (χ3n) is 3.66. The molecule has 0 N–H and O–H groups in total. The predicted molar refractivity (Wildman–Crippen MR) is 93.6 cm³/mol. The molecule has 0 aliphatic carbocycles. The zero-order valence-electron chi connectivity index (χ0n) is 12.6. The Bertz CT molecular complexity index is 905. The van der Waals surface area contributed by atoms with Crippen LogP contribution in [-0.2, 0) is 6.18 Å². The molecule has 3 rings (SSSR count). The summed E-state index contributed by atoms with van der Waals surface area (Å²) in [5.41, 5.74) is -0.655. The van der Waals surface area contributed by atoms with E-state index in [-0.39, 0.29) is 15.5 Å². The van der Waals surface area contributed by atoms with Crippen LogP contribution in [-0.4, -0.2) is 4.98 Å². The van der Waals surface area contributed by atoms with Gasteiger partial charge < -0.3 is 0 Å². The van der Waals surface area contributed by atoms with E-state index in [1.807, 2.05) is 0 Å². The summed E-state index contributed by atoms with van der Waals surface area (Å²) in [6.07, 6.45) is -3.24. The number of thiophene rings is 1. The van der Waals surface area contributed by atoms with Crippen LogP contribution in [0.1, 0.15) is 27.5 Å². The number of pyridine rings is 1. The largest absolute Gasteiger partial charge is 0.417 e. The number of halogens is 7. The molecule has 2 heterocycles. The van der Waals surface area contributed by atoms with Crippen LogP contribution >= 0.6 is 38.9 Å². The molecule has 0 spiro atoms. The van der Waals surface area contributed by atoms with Gasteiger partial charge in [-0.15, -0.1) is 11.3 Å². The van der Waals surface area contributed by atoms with Gasteiger partial charge in [0.15, 0.2) is 0 Å². The summed E-state index contributed by atoms with van der Waals surface area (Å²) in [4.78, 5) is 4.12. The fraction of sp³-hybridized carbons (Fsp3) is 0.118. The summed E-state index contributed by atoms with van der Waals surface area (Å²) < 4.78 is 67.4. The molecule has 0 aliphatic rings. The number of alkyl halides is 3. The van der Waals surface area contributed by atoms with Gasteiger partial charge in [0.1, 0.15) is 16.2 Å². The molecule has 0 fully saturated rings. The first kappa shape index (κ1) is 19.3. The van der Waals surface area contributed by atoms with E-state index in [0.717, 1.165) is 41.0 Å². The lowest BCUT2D eigenvalue weighted by molar-refractivity contribution is -0.137. The quantitative estimate of drug-likeness (QED) is 0.297. The number of benzene rings is 1. The van der Waals surface area contributed by atoms with Gasteiger partial charge in [-0.1, -0.05) is 11.6 Å². The second-order valence-corrected chi connectivity index (χ2v) is 7.53. The second-order valence-electron chi connectivity index (χ2n) is 5.36. The summed E-state index contributed by atoms with van der Waals surface area (Å²) in [6.45, 7) is 0. The standard InChI is InChI=1S/C17H8BrClF5NS/c18-15-5-10(12(19)6-25-15)16(11-4-9(20)1-2-13(11)21)14-3-8(7-26-14)17(22,23)24/h1-7,16H. The Hall–Kier alpha value is -1.51. The van der Waals surface area contributed by atoms with E-state index in [2.05, 4.69) is 20.9 Å². The highest BCUT2D eigenvalue weighted by Gasteiger charge is 2.34. The molecule has 1 unspecified atom stereocenters. The van der Waals surface area contributed by atoms with Crippen molar-refractivity contribution in [1.29, 1.82) is 0 Å². The van der Waals surface area contributed by atoms with Gasteiger partial charge in [-0.05, 0) is 51.8 Å². The third kappa shape index (κ3) is 3.92. The Morgan fingerprint density at radius 1 is 1.08 bits per heavy atom. The first-order chi connectivity index (χ1) is 12.2. The summed E-state index contributed by atoms with van der Waals surface area (Å²) in [7, 11) is 0. The van der Waals surface area contributed by atoms with Crippen LogP contribution in [0.2, 0.25) is 5.02 Å². The lowest BCUT2D eigenvalue weighted by Crippen LogP contribution is -2.07. The maximum Gasteiger partial charge on any atom is 0.417 e. The highest BCUT2D eigenvalue weighted by Crippen LogP contribution is 2.43. The SMILES string of the molecule is Fc1ccc(F)c(C(c2cc(C(F)(F)F)cs2)c2cc(Br)ncc2Cl)c1. The van der Waals surface area contributed by atoms with E-state index >= 15 is 0 Å². The maximum atomic E-state index is 14.4.